The molecule has 0 aliphatic rings. The van der Waals surface area contributed by atoms with Gasteiger partial charge in [-0.1, -0.05) is 36.4 Å². The van der Waals surface area contributed by atoms with Crippen LogP contribution in [0.25, 0.3) is 10.9 Å². The zero-order valence-electron chi connectivity index (χ0n) is 12.0. The van der Waals surface area contributed by atoms with Gasteiger partial charge in [-0.05, 0) is 31.2 Å². The Bertz CT molecular complexity index is 726. The maximum Gasteiger partial charge on any atom is 0.145 e. The Morgan fingerprint density at radius 1 is 0.810 bits per heavy atom. The highest BCUT2D eigenvalue weighted by atomic mass is 16.5. The topological polar surface area (TPSA) is 31.4 Å². The maximum absolute atomic E-state index is 5.81. The summed E-state index contributed by atoms with van der Waals surface area (Å²) in [6.07, 6.45) is 0. The van der Waals surface area contributed by atoms with Crippen LogP contribution in [0.2, 0.25) is 0 Å². The molecule has 21 heavy (non-hydrogen) atoms. The second-order valence-electron chi connectivity index (χ2n) is 4.79. The number of nitrogens with zero attached hydrogens (tertiary/aromatic N) is 1. The molecule has 106 valence electrons. The van der Waals surface area contributed by atoms with Crippen molar-refractivity contribution in [2.75, 3.05) is 13.2 Å². The van der Waals surface area contributed by atoms with E-state index in [2.05, 4.69) is 11.1 Å². The monoisotopic (exact) mass is 279 g/mol. The van der Waals surface area contributed by atoms with Crippen molar-refractivity contribution in [1.29, 1.82) is 0 Å². The molecule has 3 heteroatoms. The van der Waals surface area contributed by atoms with Crippen molar-refractivity contribution >= 4 is 10.9 Å². The molecule has 0 unspecified atom stereocenters. The predicted molar refractivity (Wildman–Crippen MR) is 83.9 cm³/mol. The maximum atomic E-state index is 5.81. The highest BCUT2D eigenvalue weighted by molar-refractivity contribution is 5.84. The second kappa shape index (κ2) is 6.27. The lowest BCUT2D eigenvalue weighted by Crippen LogP contribution is -2.09. The van der Waals surface area contributed by atoms with Gasteiger partial charge in [0.15, 0.2) is 0 Å². The van der Waals surface area contributed by atoms with Crippen molar-refractivity contribution in [2.45, 2.75) is 6.92 Å². The summed E-state index contributed by atoms with van der Waals surface area (Å²) in [7, 11) is 0. The van der Waals surface area contributed by atoms with Crippen molar-refractivity contribution < 1.29 is 9.47 Å². The quantitative estimate of drug-likeness (QED) is 0.661. The molecule has 0 spiro atoms. The Morgan fingerprint density at radius 3 is 2.48 bits per heavy atom. The van der Waals surface area contributed by atoms with E-state index in [1.165, 1.54) is 0 Å². The highest BCUT2D eigenvalue weighted by Crippen LogP contribution is 2.23. The molecule has 3 aromatic rings. The fourth-order valence-electron chi connectivity index (χ4n) is 2.16. The first-order valence-corrected chi connectivity index (χ1v) is 7.00. The molecule has 3 nitrogen and oxygen atoms in total. The van der Waals surface area contributed by atoms with E-state index >= 15 is 0 Å². The van der Waals surface area contributed by atoms with Crippen LogP contribution in [0, 0.1) is 6.92 Å². The van der Waals surface area contributed by atoms with Gasteiger partial charge in [-0.15, -0.1) is 0 Å². The smallest absolute Gasteiger partial charge is 0.145 e. The molecule has 0 aliphatic carbocycles. The van der Waals surface area contributed by atoms with Crippen molar-refractivity contribution in [3.8, 4) is 11.5 Å². The number of pyridine rings is 1. The molecule has 2 aromatic carbocycles. The molecular formula is C18H17NO2. The van der Waals surface area contributed by atoms with Gasteiger partial charge in [0.25, 0.3) is 0 Å². The van der Waals surface area contributed by atoms with Crippen molar-refractivity contribution in [2.24, 2.45) is 0 Å². The van der Waals surface area contributed by atoms with Crippen LogP contribution in [0.1, 0.15) is 5.69 Å². The Morgan fingerprint density at radius 2 is 1.62 bits per heavy atom. The van der Waals surface area contributed by atoms with E-state index in [1.807, 2.05) is 61.5 Å². The van der Waals surface area contributed by atoms with E-state index in [4.69, 9.17) is 9.47 Å². The molecule has 0 atom stereocenters. The first kappa shape index (κ1) is 13.4. The number of aryl methyl sites for hydroxylation is 1. The van der Waals surface area contributed by atoms with Crippen molar-refractivity contribution in [3.05, 3.63) is 66.4 Å². The van der Waals surface area contributed by atoms with Crippen LogP contribution in [-0.4, -0.2) is 18.2 Å². The van der Waals surface area contributed by atoms with Crippen LogP contribution in [-0.2, 0) is 0 Å². The Balaban J connectivity index is 1.64. The first-order valence-electron chi connectivity index (χ1n) is 7.00. The number of ether oxygens (including phenoxy) is 2. The number of para-hydroxylation sites is 2. The van der Waals surface area contributed by atoms with Gasteiger partial charge in [0, 0.05) is 11.1 Å². The number of hydrogen-bond donors (Lipinski definition) is 0. The third kappa shape index (κ3) is 3.31. The second-order valence-corrected chi connectivity index (χ2v) is 4.79. The Hall–Kier alpha value is -2.55. The molecule has 0 saturated heterocycles. The lowest BCUT2D eigenvalue weighted by molar-refractivity contribution is 0.218. The lowest BCUT2D eigenvalue weighted by atomic mass is 10.2. The SMILES string of the molecule is Cc1ccc2cccc(OCCOc3ccccc3)c2n1. The van der Waals surface area contributed by atoms with Crippen LogP contribution in [0.5, 0.6) is 11.5 Å². The van der Waals surface area contributed by atoms with Crippen LogP contribution in [0.4, 0.5) is 0 Å². The van der Waals surface area contributed by atoms with Gasteiger partial charge in [0.1, 0.15) is 30.2 Å². The molecular weight excluding hydrogens is 262 g/mol. The number of fused-ring (bicyclic) bond motifs is 1. The minimum absolute atomic E-state index is 0.490. The van der Waals surface area contributed by atoms with Crippen LogP contribution in [0.15, 0.2) is 60.7 Å². The van der Waals surface area contributed by atoms with Crippen LogP contribution >= 0.6 is 0 Å². The number of rotatable bonds is 5. The Labute approximate surface area is 124 Å². The van der Waals surface area contributed by atoms with E-state index < -0.39 is 0 Å². The largest absolute Gasteiger partial charge is 0.490 e. The summed E-state index contributed by atoms with van der Waals surface area (Å²) < 4.78 is 11.4. The minimum atomic E-state index is 0.490. The summed E-state index contributed by atoms with van der Waals surface area (Å²) in [5.74, 6) is 1.65. The highest BCUT2D eigenvalue weighted by Gasteiger charge is 2.03. The predicted octanol–water partition coefficient (Wildman–Crippen LogP) is 4.00. The van der Waals surface area contributed by atoms with E-state index in [0.29, 0.717) is 13.2 Å². The Kier molecular flexibility index (Phi) is 4.01. The zero-order chi connectivity index (χ0) is 14.5. The van der Waals surface area contributed by atoms with Crippen LogP contribution < -0.4 is 9.47 Å². The molecule has 1 heterocycles. The van der Waals surface area contributed by atoms with Crippen LogP contribution in [0.3, 0.4) is 0 Å². The van der Waals surface area contributed by atoms with Gasteiger partial charge < -0.3 is 9.47 Å². The zero-order valence-corrected chi connectivity index (χ0v) is 12.0. The van der Waals surface area contributed by atoms with E-state index in [0.717, 1.165) is 28.1 Å². The first-order chi connectivity index (χ1) is 10.3. The third-order valence-corrected chi connectivity index (χ3v) is 3.18. The van der Waals surface area contributed by atoms with E-state index in [1.54, 1.807) is 0 Å². The fourth-order valence-corrected chi connectivity index (χ4v) is 2.16. The summed E-state index contributed by atoms with van der Waals surface area (Å²) in [4.78, 5) is 4.55. The van der Waals surface area contributed by atoms with Gasteiger partial charge in [-0.3, -0.25) is 0 Å². The molecule has 0 amide bonds. The molecule has 0 radical (unpaired) electrons. The average Bonchev–Trinajstić information content (AvgIpc) is 2.53. The molecule has 0 aliphatic heterocycles. The van der Waals surface area contributed by atoms with Gasteiger partial charge >= 0.3 is 0 Å². The summed E-state index contributed by atoms with van der Waals surface area (Å²) in [5, 5.41) is 1.09. The third-order valence-electron chi connectivity index (χ3n) is 3.18. The summed E-state index contributed by atoms with van der Waals surface area (Å²) in [6, 6.07) is 19.8. The fraction of sp³-hybridized carbons (Fsp3) is 0.167. The average molecular weight is 279 g/mol. The summed E-state index contributed by atoms with van der Waals surface area (Å²) in [6.45, 7) is 2.98. The van der Waals surface area contributed by atoms with Crippen molar-refractivity contribution in [1.82, 2.24) is 4.98 Å². The standard InChI is InChI=1S/C18H17NO2/c1-14-10-11-15-6-5-9-17(18(15)19-14)21-13-12-20-16-7-3-2-4-8-16/h2-11H,12-13H2,1H3. The molecule has 0 fully saturated rings. The molecule has 0 N–H and O–H groups in total. The molecule has 1 aromatic heterocycles. The van der Waals surface area contributed by atoms with Gasteiger partial charge in [-0.25, -0.2) is 4.98 Å². The van der Waals surface area contributed by atoms with Gasteiger partial charge in [0.2, 0.25) is 0 Å². The number of aromatic nitrogens is 1. The molecule has 0 bridgehead atoms. The summed E-state index contributed by atoms with van der Waals surface area (Å²) in [5.41, 5.74) is 1.89. The van der Waals surface area contributed by atoms with Gasteiger partial charge in [0.05, 0.1) is 0 Å². The minimum Gasteiger partial charge on any atom is -0.490 e. The molecule has 0 saturated carbocycles. The summed E-state index contributed by atoms with van der Waals surface area (Å²) >= 11 is 0. The van der Waals surface area contributed by atoms with Gasteiger partial charge in [-0.2, -0.15) is 0 Å². The number of benzene rings is 2. The molecule has 3 rings (SSSR count). The normalized spacial score (nSPS) is 10.5. The van der Waals surface area contributed by atoms with E-state index in [-0.39, 0.29) is 0 Å². The van der Waals surface area contributed by atoms with Crippen molar-refractivity contribution in [3.63, 3.8) is 0 Å². The van der Waals surface area contributed by atoms with E-state index in [9.17, 15) is 0 Å². The lowest BCUT2D eigenvalue weighted by Gasteiger charge is -2.10. The number of hydrogen-bond acceptors (Lipinski definition) is 3.